The molecule has 0 saturated heterocycles. The number of benzene rings is 2. The van der Waals surface area contributed by atoms with E-state index in [2.05, 4.69) is 20.9 Å². The molecule has 3 N–H and O–H groups in total. The van der Waals surface area contributed by atoms with Crippen LogP contribution in [0.5, 0.6) is 11.5 Å². The highest BCUT2D eigenvalue weighted by atomic mass is 127. The Balaban J connectivity index is 0.00000480. The maximum atomic E-state index is 12.2. The zero-order chi connectivity index (χ0) is 21.9. The number of carbonyl (C=O) groups is 1. The van der Waals surface area contributed by atoms with Crippen molar-refractivity contribution in [2.45, 2.75) is 39.8 Å². The van der Waals surface area contributed by atoms with Gasteiger partial charge in [-0.05, 0) is 50.1 Å². The first-order chi connectivity index (χ1) is 14.5. The number of halogens is 1. The molecule has 1 unspecified atom stereocenters. The number of guanidine groups is 1. The minimum absolute atomic E-state index is 0. The minimum Gasteiger partial charge on any atom is -0.493 e. The number of nitrogens with zero attached hydrogens (tertiary/aromatic N) is 1. The Morgan fingerprint density at radius 3 is 2.39 bits per heavy atom. The standard InChI is InChI=1S/C23H32N4O3.HI/c1-6-16(3)26-22(28)18-10-8-17(9-11-18)15-25-23(24-4)27-19-12-13-20(29-5)21(14-19)30-7-2;/h8-14,16H,6-7,15H2,1-5H3,(H,26,28)(H2,24,25,27);1H. The van der Waals surface area contributed by atoms with Crippen molar-refractivity contribution in [1.82, 2.24) is 10.6 Å². The number of ether oxygens (including phenoxy) is 2. The topological polar surface area (TPSA) is 84.0 Å². The fourth-order valence-electron chi connectivity index (χ4n) is 2.71. The molecule has 7 nitrogen and oxygen atoms in total. The first-order valence-corrected chi connectivity index (χ1v) is 10.2. The second kappa shape index (κ2) is 13.7. The van der Waals surface area contributed by atoms with Crippen LogP contribution in [0.3, 0.4) is 0 Å². The van der Waals surface area contributed by atoms with Gasteiger partial charge < -0.3 is 25.4 Å². The molecule has 0 bridgehead atoms. The van der Waals surface area contributed by atoms with E-state index < -0.39 is 0 Å². The lowest BCUT2D eigenvalue weighted by Crippen LogP contribution is -2.32. The van der Waals surface area contributed by atoms with Crippen molar-refractivity contribution in [3.8, 4) is 11.5 Å². The van der Waals surface area contributed by atoms with Crippen molar-refractivity contribution in [1.29, 1.82) is 0 Å². The highest BCUT2D eigenvalue weighted by Crippen LogP contribution is 2.30. The Bertz CT molecular complexity index is 856. The van der Waals surface area contributed by atoms with Crippen molar-refractivity contribution in [2.75, 3.05) is 26.1 Å². The molecule has 8 heteroatoms. The van der Waals surface area contributed by atoms with Gasteiger partial charge in [0.15, 0.2) is 17.5 Å². The molecule has 2 rings (SSSR count). The molecular weight excluding hydrogens is 507 g/mol. The third kappa shape index (κ3) is 8.28. The lowest BCUT2D eigenvalue weighted by Gasteiger charge is -2.15. The van der Waals surface area contributed by atoms with E-state index >= 15 is 0 Å². The Hall–Kier alpha value is -2.49. The highest BCUT2D eigenvalue weighted by Gasteiger charge is 2.09. The number of rotatable bonds is 9. The maximum absolute atomic E-state index is 12.2. The molecular formula is C23H33IN4O3. The minimum atomic E-state index is -0.0501. The van der Waals surface area contributed by atoms with Crippen LogP contribution >= 0.6 is 24.0 Å². The second-order valence-electron chi connectivity index (χ2n) is 6.83. The number of amides is 1. The summed E-state index contributed by atoms with van der Waals surface area (Å²) in [6.07, 6.45) is 0.903. The van der Waals surface area contributed by atoms with Crippen LogP contribution in [-0.4, -0.2) is 38.7 Å². The van der Waals surface area contributed by atoms with Crippen molar-refractivity contribution in [3.05, 3.63) is 53.6 Å². The SMILES string of the molecule is CCOc1cc(NC(=NC)NCc2ccc(C(=O)NC(C)CC)cc2)ccc1OC.I. The molecule has 31 heavy (non-hydrogen) atoms. The summed E-state index contributed by atoms with van der Waals surface area (Å²) in [7, 11) is 3.33. The molecule has 0 aliphatic heterocycles. The molecule has 2 aromatic rings. The van der Waals surface area contributed by atoms with E-state index in [0.717, 1.165) is 17.7 Å². The third-order valence-corrected chi connectivity index (χ3v) is 4.62. The van der Waals surface area contributed by atoms with Gasteiger partial charge in [0.25, 0.3) is 5.91 Å². The van der Waals surface area contributed by atoms with E-state index in [-0.39, 0.29) is 35.9 Å². The van der Waals surface area contributed by atoms with Gasteiger partial charge in [0, 0.05) is 37.0 Å². The molecule has 2 aromatic carbocycles. The molecule has 0 fully saturated rings. The van der Waals surface area contributed by atoms with Crippen LogP contribution in [-0.2, 0) is 6.54 Å². The van der Waals surface area contributed by atoms with Crippen LogP contribution in [0.2, 0.25) is 0 Å². The molecule has 0 aliphatic carbocycles. The monoisotopic (exact) mass is 540 g/mol. The highest BCUT2D eigenvalue weighted by molar-refractivity contribution is 14.0. The molecule has 1 atom stereocenters. The van der Waals surface area contributed by atoms with Gasteiger partial charge in [-0.15, -0.1) is 24.0 Å². The summed E-state index contributed by atoms with van der Waals surface area (Å²) in [5, 5.41) is 9.49. The average molecular weight is 540 g/mol. The maximum Gasteiger partial charge on any atom is 0.251 e. The average Bonchev–Trinajstić information content (AvgIpc) is 2.77. The number of hydrogen-bond donors (Lipinski definition) is 3. The third-order valence-electron chi connectivity index (χ3n) is 4.62. The number of nitrogens with one attached hydrogen (secondary N) is 3. The molecule has 0 saturated carbocycles. The number of aliphatic imine (C=N–C) groups is 1. The lowest BCUT2D eigenvalue weighted by atomic mass is 10.1. The van der Waals surface area contributed by atoms with Crippen LogP contribution < -0.4 is 25.4 Å². The fraction of sp³-hybridized carbons (Fsp3) is 0.391. The van der Waals surface area contributed by atoms with Crippen molar-refractivity contribution >= 4 is 41.5 Å². The quantitative estimate of drug-likeness (QED) is 0.249. The summed E-state index contributed by atoms with van der Waals surface area (Å²) in [6, 6.07) is 13.3. The Morgan fingerprint density at radius 2 is 1.81 bits per heavy atom. The number of carbonyl (C=O) groups excluding carboxylic acids is 1. The molecule has 0 aromatic heterocycles. The van der Waals surface area contributed by atoms with Gasteiger partial charge in [-0.25, -0.2) is 0 Å². The summed E-state index contributed by atoms with van der Waals surface area (Å²) >= 11 is 0. The van der Waals surface area contributed by atoms with Crippen LogP contribution in [0.1, 0.15) is 43.1 Å². The van der Waals surface area contributed by atoms with Crippen LogP contribution in [0.4, 0.5) is 5.69 Å². The predicted octanol–water partition coefficient (Wildman–Crippen LogP) is 4.43. The molecule has 1 amide bonds. The van der Waals surface area contributed by atoms with Gasteiger partial charge in [0.2, 0.25) is 0 Å². The fourth-order valence-corrected chi connectivity index (χ4v) is 2.71. The first kappa shape index (κ1) is 26.5. The molecule has 0 spiro atoms. The van der Waals surface area contributed by atoms with E-state index in [1.165, 1.54) is 0 Å². The van der Waals surface area contributed by atoms with E-state index in [1.54, 1.807) is 14.2 Å². The molecule has 0 radical (unpaired) electrons. The largest absolute Gasteiger partial charge is 0.493 e. The van der Waals surface area contributed by atoms with Crippen molar-refractivity contribution in [3.63, 3.8) is 0 Å². The van der Waals surface area contributed by atoms with E-state index in [4.69, 9.17) is 9.47 Å². The normalized spacial score (nSPS) is 11.7. The summed E-state index contributed by atoms with van der Waals surface area (Å²) in [5.74, 6) is 1.93. The number of methoxy groups -OCH3 is 1. The molecule has 0 heterocycles. The van der Waals surface area contributed by atoms with E-state index in [9.17, 15) is 4.79 Å². The van der Waals surface area contributed by atoms with Gasteiger partial charge in [-0.3, -0.25) is 9.79 Å². The van der Waals surface area contributed by atoms with Gasteiger partial charge in [0.1, 0.15) is 0 Å². The van der Waals surface area contributed by atoms with Crippen LogP contribution in [0.25, 0.3) is 0 Å². The first-order valence-electron chi connectivity index (χ1n) is 10.2. The van der Waals surface area contributed by atoms with Gasteiger partial charge >= 0.3 is 0 Å². The van der Waals surface area contributed by atoms with Crippen molar-refractivity contribution < 1.29 is 14.3 Å². The lowest BCUT2D eigenvalue weighted by molar-refractivity contribution is 0.0939. The van der Waals surface area contributed by atoms with E-state index in [1.807, 2.05) is 63.2 Å². The smallest absolute Gasteiger partial charge is 0.251 e. The Labute approximate surface area is 202 Å². The Kier molecular flexibility index (Phi) is 11.8. The zero-order valence-corrected chi connectivity index (χ0v) is 21.2. The second-order valence-corrected chi connectivity index (χ2v) is 6.83. The Morgan fingerprint density at radius 1 is 1.10 bits per heavy atom. The summed E-state index contributed by atoms with van der Waals surface area (Å²) in [6.45, 7) is 7.10. The van der Waals surface area contributed by atoms with Gasteiger partial charge in [0.05, 0.1) is 13.7 Å². The van der Waals surface area contributed by atoms with Gasteiger partial charge in [-0.2, -0.15) is 0 Å². The van der Waals surface area contributed by atoms with E-state index in [0.29, 0.717) is 36.2 Å². The molecule has 0 aliphatic rings. The summed E-state index contributed by atoms with van der Waals surface area (Å²) < 4.78 is 10.9. The summed E-state index contributed by atoms with van der Waals surface area (Å²) in [4.78, 5) is 16.4. The van der Waals surface area contributed by atoms with Gasteiger partial charge in [-0.1, -0.05) is 19.1 Å². The zero-order valence-electron chi connectivity index (χ0n) is 18.8. The van der Waals surface area contributed by atoms with Crippen LogP contribution in [0.15, 0.2) is 47.5 Å². The molecule has 170 valence electrons. The number of anilines is 1. The summed E-state index contributed by atoms with van der Waals surface area (Å²) in [5.41, 5.74) is 2.54. The van der Waals surface area contributed by atoms with Crippen molar-refractivity contribution in [2.24, 2.45) is 4.99 Å². The predicted molar refractivity (Wildman–Crippen MR) is 137 cm³/mol. The van der Waals surface area contributed by atoms with Crippen LogP contribution in [0, 0.1) is 0 Å². The number of hydrogen-bond acceptors (Lipinski definition) is 4.